The van der Waals surface area contributed by atoms with Crippen LogP contribution in [0, 0.1) is 0 Å². The summed E-state index contributed by atoms with van der Waals surface area (Å²) in [5.74, 6) is -2.87. The Kier molecular flexibility index (Phi) is 32.2. The van der Waals surface area contributed by atoms with Crippen molar-refractivity contribution in [3.8, 4) is 39.6 Å². The van der Waals surface area contributed by atoms with Crippen molar-refractivity contribution in [2.45, 2.75) is 46.8 Å². The van der Waals surface area contributed by atoms with Crippen LogP contribution in [0.1, 0.15) is 61.0 Å². The van der Waals surface area contributed by atoms with Crippen LogP contribution < -0.4 is 20.1 Å². The van der Waals surface area contributed by atoms with E-state index in [9.17, 15) is 44.1 Å². The molecule has 6 rings (SSSR count). The molecule has 1 aromatic heterocycles. The molecule has 5 N–H and O–H groups in total. The monoisotopic (exact) mass is 1300 g/mol. The molecule has 28 heteroatoms. The third-order valence-electron chi connectivity index (χ3n) is 14.3. The van der Waals surface area contributed by atoms with E-state index in [0.717, 1.165) is 0 Å². The number of carboxylic acid groups (broad SMARTS) is 3. The van der Waals surface area contributed by atoms with Gasteiger partial charge < -0.3 is 68.7 Å². The largest absolute Gasteiger partial charge is 0.496 e. The van der Waals surface area contributed by atoms with Crippen molar-refractivity contribution in [3.05, 3.63) is 81.5 Å². The van der Waals surface area contributed by atoms with E-state index in [1.54, 1.807) is 80.9 Å². The molecular formula is C62H89Cl2N9O17. The molecule has 3 heterocycles. The molecule has 0 aliphatic carbocycles. The molecule has 2 aliphatic rings. The van der Waals surface area contributed by atoms with Crippen LogP contribution in [-0.2, 0) is 54.2 Å². The van der Waals surface area contributed by atoms with Gasteiger partial charge in [0, 0.05) is 116 Å². The second-order valence-electron chi connectivity index (χ2n) is 21.7. The first-order chi connectivity index (χ1) is 43.2. The SMILES string of the molecule is CC.COc1cc2c(cc1-c1cccc(C(=O)NCCOCCOCCOCCOCCOCCOCCNC(=O)CN3CCN(CC(=O)O)CCN(CC(=O)O)CCN(CC(=O)O)CC3)c1)-c1c(c(C(=O)N(C)C(C)(C)C)nn1-c1cc(Cl)cc(Cl)c1)CO2. The summed E-state index contributed by atoms with van der Waals surface area (Å²) in [4.78, 5) is 83.4. The van der Waals surface area contributed by atoms with Gasteiger partial charge in [-0.2, -0.15) is 5.10 Å². The predicted molar refractivity (Wildman–Crippen MR) is 337 cm³/mol. The number of nitrogens with one attached hydrogen (secondary N) is 2. The summed E-state index contributed by atoms with van der Waals surface area (Å²) in [6.45, 7) is 16.2. The van der Waals surface area contributed by atoms with E-state index in [4.69, 9.17) is 66.2 Å². The number of rotatable bonds is 34. The van der Waals surface area contributed by atoms with Crippen LogP contribution >= 0.6 is 23.2 Å². The van der Waals surface area contributed by atoms with Gasteiger partial charge in [-0.1, -0.05) is 49.2 Å². The average Bonchev–Trinajstić information content (AvgIpc) is 1.56. The number of nitrogens with zero attached hydrogens (tertiary/aromatic N) is 7. The number of carboxylic acids is 3. The molecule has 3 aromatic carbocycles. The van der Waals surface area contributed by atoms with E-state index in [1.807, 2.05) is 51.7 Å². The minimum Gasteiger partial charge on any atom is -0.496 e. The van der Waals surface area contributed by atoms with Crippen LogP contribution in [0.5, 0.6) is 11.5 Å². The van der Waals surface area contributed by atoms with Crippen molar-refractivity contribution < 1.29 is 82.0 Å². The molecule has 0 radical (unpaired) electrons. The molecule has 2 aliphatic heterocycles. The fourth-order valence-corrected chi connectivity index (χ4v) is 9.95. The minimum absolute atomic E-state index is 0.0129. The Hall–Kier alpha value is -6.53. The molecule has 1 saturated heterocycles. The van der Waals surface area contributed by atoms with E-state index in [1.165, 1.54) is 0 Å². The highest BCUT2D eigenvalue weighted by Gasteiger charge is 2.35. The summed E-state index contributed by atoms with van der Waals surface area (Å²) in [6.07, 6.45) is 0. The summed E-state index contributed by atoms with van der Waals surface area (Å²) in [7, 11) is 3.30. The number of hydrogen-bond donors (Lipinski definition) is 5. The number of aliphatic carboxylic acids is 3. The molecule has 4 aromatic rings. The van der Waals surface area contributed by atoms with E-state index in [-0.39, 0.29) is 109 Å². The van der Waals surface area contributed by atoms with Crippen LogP contribution in [0.15, 0.2) is 54.6 Å². The molecule has 0 spiro atoms. The second-order valence-corrected chi connectivity index (χ2v) is 22.6. The van der Waals surface area contributed by atoms with E-state index in [2.05, 4.69) is 10.6 Å². The Bertz CT molecular complexity index is 2900. The fourth-order valence-electron chi connectivity index (χ4n) is 9.43. The third-order valence-corrected chi connectivity index (χ3v) is 14.7. The van der Waals surface area contributed by atoms with Gasteiger partial charge in [-0.25, -0.2) is 4.68 Å². The lowest BCUT2D eigenvalue weighted by atomic mass is 9.95. The molecule has 0 atom stereocenters. The van der Waals surface area contributed by atoms with Gasteiger partial charge in [0.1, 0.15) is 18.1 Å². The maximum atomic E-state index is 14.0. The summed E-state index contributed by atoms with van der Waals surface area (Å²) >= 11 is 13.0. The second kappa shape index (κ2) is 39.0. The number of aromatic nitrogens is 2. The van der Waals surface area contributed by atoms with Crippen molar-refractivity contribution >= 4 is 58.8 Å². The third kappa shape index (κ3) is 24.9. The molecule has 0 bridgehead atoms. The Morgan fingerprint density at radius 2 is 1.04 bits per heavy atom. The Balaban J connectivity index is 0.00000729. The maximum absolute atomic E-state index is 14.0. The number of ether oxygens (including phenoxy) is 8. The van der Waals surface area contributed by atoms with Crippen LogP contribution in [0.4, 0.5) is 0 Å². The zero-order valence-corrected chi connectivity index (χ0v) is 54.2. The predicted octanol–water partition coefficient (Wildman–Crippen LogP) is 4.73. The number of hydrogen-bond acceptors (Lipinski definition) is 19. The van der Waals surface area contributed by atoms with Crippen molar-refractivity contribution in [3.63, 3.8) is 0 Å². The lowest BCUT2D eigenvalue weighted by Crippen LogP contribution is -2.50. The Morgan fingerprint density at radius 1 is 0.600 bits per heavy atom. The standard InChI is InChI=1S/C60H83Cl2N9O17.C2H6/c1-60(2,3)66(4)59(80)56-49-41-88-51-36-50(81-5)47(35-48(51)57(49)71(65-56)46-33-44(61)32-45(62)34-46)42-7-6-8-43(31-42)58(79)64-10-20-83-22-24-85-26-28-87-30-29-86-27-25-84-23-21-82-19-9-63-52(72)37-67-11-13-68(38-53(73)74)15-17-70(40-55(77)78)18-16-69(14-12-67)39-54(75)76;1-2/h6-8,31-36H,9-30,37-41H2,1-5H3,(H,63,72)(H,64,79)(H,73,74)(H,75,76)(H,77,78);1-2H3. The molecular weight excluding hydrogens is 1210 g/mol. The van der Waals surface area contributed by atoms with Crippen molar-refractivity contribution in [1.29, 1.82) is 0 Å². The van der Waals surface area contributed by atoms with Gasteiger partial charge in [0.15, 0.2) is 5.69 Å². The van der Waals surface area contributed by atoms with Crippen LogP contribution in [0.3, 0.4) is 0 Å². The van der Waals surface area contributed by atoms with E-state index in [0.29, 0.717) is 153 Å². The lowest BCUT2D eigenvalue weighted by molar-refractivity contribution is -0.140. The van der Waals surface area contributed by atoms with Crippen molar-refractivity contribution in [2.24, 2.45) is 0 Å². The van der Waals surface area contributed by atoms with Crippen LogP contribution in [0.25, 0.3) is 28.1 Å². The Labute approximate surface area is 536 Å². The summed E-state index contributed by atoms with van der Waals surface area (Å²) < 4.78 is 47.4. The van der Waals surface area contributed by atoms with E-state index >= 15 is 0 Å². The minimum atomic E-state index is -1.03. The number of carbonyl (C=O) groups excluding carboxylic acids is 3. The normalized spacial score (nSPS) is 14.4. The number of amides is 3. The number of carbonyl (C=O) groups is 6. The summed E-state index contributed by atoms with van der Waals surface area (Å²) in [5.41, 5.74) is 4.00. The highest BCUT2D eigenvalue weighted by molar-refractivity contribution is 6.34. The number of benzene rings is 3. The zero-order chi connectivity index (χ0) is 65.6. The fraction of sp³-hybridized carbons (Fsp3) is 0.565. The molecule has 498 valence electrons. The first-order valence-corrected chi connectivity index (χ1v) is 30.8. The number of methoxy groups -OCH3 is 1. The first-order valence-electron chi connectivity index (χ1n) is 30.1. The lowest BCUT2D eigenvalue weighted by Gasteiger charge is -2.32. The van der Waals surface area contributed by atoms with Gasteiger partial charge in [-0.15, -0.1) is 0 Å². The topological polar surface area (TPSA) is 295 Å². The molecule has 0 saturated carbocycles. The van der Waals surface area contributed by atoms with Gasteiger partial charge in [0.2, 0.25) is 5.91 Å². The quantitative estimate of drug-likeness (QED) is 0.0395. The molecule has 26 nitrogen and oxygen atoms in total. The van der Waals surface area contributed by atoms with Gasteiger partial charge in [0.25, 0.3) is 11.8 Å². The molecule has 3 amide bonds. The van der Waals surface area contributed by atoms with Gasteiger partial charge in [-0.3, -0.25) is 48.4 Å². The highest BCUT2D eigenvalue weighted by Crippen LogP contribution is 2.46. The molecule has 0 unspecified atom stereocenters. The smallest absolute Gasteiger partial charge is 0.317 e. The van der Waals surface area contributed by atoms with Crippen molar-refractivity contribution in [1.82, 2.24) is 44.9 Å². The number of fused-ring (bicyclic) bond motifs is 3. The van der Waals surface area contributed by atoms with E-state index < -0.39 is 23.4 Å². The zero-order valence-electron chi connectivity index (χ0n) is 52.7. The van der Waals surface area contributed by atoms with Crippen LogP contribution in [0.2, 0.25) is 10.0 Å². The van der Waals surface area contributed by atoms with Crippen molar-refractivity contribution in [2.75, 3.05) is 185 Å². The summed E-state index contributed by atoms with van der Waals surface area (Å²) in [6, 6.07) is 16.0. The molecule has 90 heavy (non-hydrogen) atoms. The van der Waals surface area contributed by atoms with Gasteiger partial charge in [-0.05, 0) is 62.7 Å². The van der Waals surface area contributed by atoms with Gasteiger partial charge in [0.05, 0.1) is 124 Å². The molecule has 1 fully saturated rings. The highest BCUT2D eigenvalue weighted by atomic mass is 35.5. The average molecular weight is 1300 g/mol. The number of halogens is 2. The first kappa shape index (κ1) is 74.2. The van der Waals surface area contributed by atoms with Crippen LogP contribution in [-0.4, -0.2) is 276 Å². The maximum Gasteiger partial charge on any atom is 0.317 e. The van der Waals surface area contributed by atoms with Gasteiger partial charge >= 0.3 is 17.9 Å². The summed E-state index contributed by atoms with van der Waals surface area (Å²) in [5, 5.41) is 39.7. The Morgan fingerprint density at radius 3 is 1.49 bits per heavy atom.